The number of ether oxygens (including phenoxy) is 2. The lowest BCUT2D eigenvalue weighted by atomic mass is 10.00. The molecule has 216 valence electrons. The third kappa shape index (κ3) is 5.74. The number of nitrogens with zero attached hydrogens (tertiary/aromatic N) is 5. The van der Waals surface area contributed by atoms with Crippen LogP contribution in [0.25, 0.3) is 33.5 Å². The molecule has 0 unspecified atom stereocenters. The van der Waals surface area contributed by atoms with E-state index in [2.05, 4.69) is 43.8 Å². The Labute approximate surface area is 242 Å². The van der Waals surface area contributed by atoms with E-state index in [1.54, 1.807) is 24.7 Å². The molecule has 1 fully saturated rings. The van der Waals surface area contributed by atoms with E-state index in [0.29, 0.717) is 24.0 Å². The number of oxazole rings is 1. The van der Waals surface area contributed by atoms with Gasteiger partial charge in [-0.05, 0) is 61.9 Å². The van der Waals surface area contributed by atoms with Crippen LogP contribution in [0.4, 0.5) is 4.39 Å². The van der Waals surface area contributed by atoms with Gasteiger partial charge < -0.3 is 13.9 Å². The zero-order valence-corrected chi connectivity index (χ0v) is 23.6. The van der Waals surface area contributed by atoms with Gasteiger partial charge in [-0.25, -0.2) is 19.2 Å². The van der Waals surface area contributed by atoms with Crippen molar-refractivity contribution in [2.24, 2.45) is 0 Å². The van der Waals surface area contributed by atoms with E-state index in [9.17, 15) is 9.18 Å². The Kier molecular flexibility index (Phi) is 7.68. The van der Waals surface area contributed by atoms with Crippen LogP contribution in [0, 0.1) is 5.82 Å². The summed E-state index contributed by atoms with van der Waals surface area (Å²) in [5.41, 5.74) is 3.07. The lowest BCUT2D eigenvalue weighted by molar-refractivity contribution is 0.0730. The molecule has 42 heavy (non-hydrogen) atoms. The lowest BCUT2D eigenvalue weighted by Crippen LogP contribution is -2.48. The molecule has 6 rings (SSSR count). The Balaban J connectivity index is 1.28. The van der Waals surface area contributed by atoms with Crippen molar-refractivity contribution in [2.75, 3.05) is 33.3 Å². The summed E-state index contributed by atoms with van der Waals surface area (Å²) in [7, 11) is 1.43. The molecule has 1 aliphatic heterocycles. The van der Waals surface area contributed by atoms with Crippen LogP contribution in [-0.4, -0.2) is 75.3 Å². The molecule has 1 saturated heterocycles. The van der Waals surface area contributed by atoms with E-state index < -0.39 is 11.8 Å². The highest BCUT2D eigenvalue weighted by Gasteiger charge is 2.22. The molecular formula is C31H31FN6O4. The maximum Gasteiger partial charge on any atom is 0.349 e. The molecule has 0 spiro atoms. The molecule has 1 N–H and O–H groups in total. The van der Waals surface area contributed by atoms with Crippen molar-refractivity contribution in [2.45, 2.75) is 26.4 Å². The minimum atomic E-state index is -0.678. The van der Waals surface area contributed by atoms with Crippen LogP contribution in [0.2, 0.25) is 0 Å². The fourth-order valence-corrected chi connectivity index (χ4v) is 5.14. The molecular weight excluding hydrogens is 539 g/mol. The molecule has 0 bridgehead atoms. The molecule has 3 aromatic heterocycles. The van der Waals surface area contributed by atoms with Gasteiger partial charge in [0.05, 0.1) is 31.6 Å². The minimum absolute atomic E-state index is 0.111. The second-order valence-corrected chi connectivity index (χ2v) is 10.5. The highest BCUT2D eigenvalue weighted by Crippen LogP contribution is 2.34. The van der Waals surface area contributed by atoms with Gasteiger partial charge in [-0.3, -0.25) is 14.9 Å². The van der Waals surface area contributed by atoms with Gasteiger partial charge in [0.1, 0.15) is 22.9 Å². The molecule has 2 aromatic carbocycles. The standard InChI is InChI=1S/C31H31FN6O4/c1-19(2)38-10-8-37(9-11-38)18-24-16-34-30(41-24)25-12-20(14-28-27(25)17-35-36-28)21-13-26(29(40-3)33-15-21)31(39)42-23-6-4-22(32)5-7-23/h4-7,12-17,19H,8-11,18H2,1-3H3,(H,35,36). The summed E-state index contributed by atoms with van der Waals surface area (Å²) in [5.74, 6) is 0.487. The number of carbonyl (C=O) groups excluding carboxylic acids is 1. The normalized spacial score (nSPS) is 14.5. The number of methoxy groups -OCH3 is 1. The number of H-pyrrole nitrogens is 1. The average Bonchev–Trinajstić information content (AvgIpc) is 3.67. The Morgan fingerprint density at radius 1 is 1.02 bits per heavy atom. The van der Waals surface area contributed by atoms with Gasteiger partial charge in [-0.15, -0.1) is 0 Å². The topological polar surface area (TPSA) is 110 Å². The molecule has 1 aliphatic rings. The van der Waals surface area contributed by atoms with Crippen LogP contribution in [0.15, 0.2) is 65.5 Å². The second kappa shape index (κ2) is 11.7. The SMILES string of the molecule is COc1ncc(-c2cc(-c3ncc(CN4CCN(C(C)C)CC4)o3)c3cn[nH]c3c2)cc1C(=O)Oc1ccc(F)cc1. The number of aromatic amines is 1. The van der Waals surface area contributed by atoms with Crippen molar-refractivity contribution in [3.8, 4) is 34.2 Å². The highest BCUT2D eigenvalue weighted by molar-refractivity contribution is 5.98. The van der Waals surface area contributed by atoms with Crippen molar-refractivity contribution in [1.82, 2.24) is 30.0 Å². The Bertz CT molecular complexity index is 1710. The number of fused-ring (bicyclic) bond motifs is 1. The molecule has 0 amide bonds. The third-order valence-electron chi connectivity index (χ3n) is 7.48. The van der Waals surface area contributed by atoms with Crippen LogP contribution < -0.4 is 9.47 Å². The van der Waals surface area contributed by atoms with E-state index in [4.69, 9.17) is 13.9 Å². The first-order valence-electron chi connectivity index (χ1n) is 13.8. The fourth-order valence-electron chi connectivity index (χ4n) is 5.14. The number of esters is 1. The number of hydrogen-bond acceptors (Lipinski definition) is 9. The Hall–Kier alpha value is -4.61. The van der Waals surface area contributed by atoms with Gasteiger partial charge in [0.2, 0.25) is 11.8 Å². The van der Waals surface area contributed by atoms with Crippen molar-refractivity contribution in [3.05, 3.63) is 78.2 Å². The van der Waals surface area contributed by atoms with Gasteiger partial charge in [0.25, 0.3) is 0 Å². The number of nitrogens with one attached hydrogen (secondary N) is 1. The monoisotopic (exact) mass is 570 g/mol. The van der Waals surface area contributed by atoms with E-state index in [1.165, 1.54) is 31.4 Å². The summed E-state index contributed by atoms with van der Waals surface area (Å²) in [6.45, 7) is 9.17. The first-order chi connectivity index (χ1) is 20.4. The molecule has 4 heterocycles. The zero-order valence-electron chi connectivity index (χ0n) is 23.6. The molecule has 0 radical (unpaired) electrons. The third-order valence-corrected chi connectivity index (χ3v) is 7.48. The Morgan fingerprint density at radius 3 is 2.55 bits per heavy atom. The molecule has 10 nitrogen and oxygen atoms in total. The van der Waals surface area contributed by atoms with Crippen LogP contribution >= 0.6 is 0 Å². The van der Waals surface area contributed by atoms with Gasteiger partial charge in [0, 0.05) is 54.9 Å². The predicted molar refractivity (Wildman–Crippen MR) is 155 cm³/mol. The molecule has 0 saturated carbocycles. The van der Waals surface area contributed by atoms with Crippen LogP contribution in [0.5, 0.6) is 11.6 Å². The predicted octanol–water partition coefficient (Wildman–Crippen LogP) is 5.17. The van der Waals surface area contributed by atoms with Crippen molar-refractivity contribution in [3.63, 3.8) is 0 Å². The van der Waals surface area contributed by atoms with Gasteiger partial charge in [0.15, 0.2) is 0 Å². The van der Waals surface area contributed by atoms with Crippen LogP contribution in [0.3, 0.4) is 0 Å². The van der Waals surface area contributed by atoms with Crippen molar-refractivity contribution < 1.29 is 23.1 Å². The summed E-state index contributed by atoms with van der Waals surface area (Å²) >= 11 is 0. The number of hydrogen-bond donors (Lipinski definition) is 1. The number of carbonyl (C=O) groups is 1. The smallest absolute Gasteiger partial charge is 0.349 e. The summed E-state index contributed by atoms with van der Waals surface area (Å²) in [5, 5.41) is 8.11. The quantitative estimate of drug-likeness (QED) is 0.200. The lowest BCUT2D eigenvalue weighted by Gasteiger charge is -2.36. The first kappa shape index (κ1) is 27.6. The fraction of sp³-hybridized carbons (Fsp3) is 0.290. The maximum absolute atomic E-state index is 13.3. The first-order valence-corrected chi connectivity index (χ1v) is 13.8. The maximum atomic E-state index is 13.3. The molecule has 11 heteroatoms. The van der Waals surface area contributed by atoms with E-state index in [1.807, 2.05) is 12.1 Å². The van der Waals surface area contributed by atoms with Gasteiger partial charge >= 0.3 is 5.97 Å². The largest absolute Gasteiger partial charge is 0.480 e. The van der Waals surface area contributed by atoms with Crippen LogP contribution in [0.1, 0.15) is 30.0 Å². The number of rotatable bonds is 8. The molecule has 0 atom stereocenters. The minimum Gasteiger partial charge on any atom is -0.480 e. The van der Waals surface area contributed by atoms with Crippen molar-refractivity contribution >= 4 is 16.9 Å². The summed E-state index contributed by atoms with van der Waals surface area (Å²) in [6.07, 6.45) is 5.13. The number of aromatic nitrogens is 4. The molecule has 5 aromatic rings. The number of halogens is 1. The zero-order chi connectivity index (χ0) is 29.2. The average molecular weight is 571 g/mol. The number of benzene rings is 2. The number of piperazine rings is 1. The van der Waals surface area contributed by atoms with Crippen molar-refractivity contribution in [1.29, 1.82) is 0 Å². The Morgan fingerprint density at radius 2 is 1.81 bits per heavy atom. The van der Waals surface area contributed by atoms with Crippen LogP contribution in [-0.2, 0) is 6.54 Å². The second-order valence-electron chi connectivity index (χ2n) is 10.5. The van der Waals surface area contributed by atoms with Gasteiger partial charge in [-0.1, -0.05) is 0 Å². The summed E-state index contributed by atoms with van der Waals surface area (Å²) in [6, 6.07) is 11.3. The van der Waals surface area contributed by atoms with Gasteiger partial charge in [-0.2, -0.15) is 5.10 Å². The van der Waals surface area contributed by atoms with E-state index in [0.717, 1.165) is 54.0 Å². The summed E-state index contributed by atoms with van der Waals surface area (Å²) < 4.78 is 30.3. The molecule has 0 aliphatic carbocycles. The number of pyridine rings is 1. The summed E-state index contributed by atoms with van der Waals surface area (Å²) in [4.78, 5) is 26.9. The highest BCUT2D eigenvalue weighted by atomic mass is 19.1. The van der Waals surface area contributed by atoms with E-state index >= 15 is 0 Å². The van der Waals surface area contributed by atoms with E-state index in [-0.39, 0.29) is 17.2 Å².